The van der Waals surface area contributed by atoms with Crippen molar-refractivity contribution in [1.29, 1.82) is 0 Å². The number of amidine groups is 1. The number of nitrogens with two attached hydrogens (primary N) is 1. The predicted octanol–water partition coefficient (Wildman–Crippen LogP) is 2.87. The molecule has 35 heavy (non-hydrogen) atoms. The summed E-state index contributed by atoms with van der Waals surface area (Å²) in [4.78, 5) is 39.7. The molecule has 3 aliphatic heterocycles. The number of likely N-dealkylation sites (tertiary alicyclic amines) is 1. The monoisotopic (exact) mass is 472 g/mol. The number of rotatable bonds is 5. The molecule has 10 heteroatoms. The molecule has 1 fully saturated rings. The fourth-order valence-corrected chi connectivity index (χ4v) is 4.54. The zero-order valence-corrected chi connectivity index (χ0v) is 18.8. The standard InChI is InChI=1S/C25H22FN7O2/c1-2-22(34)32-12-5-6-19(32)23-20-15-28-11-13-33(20,27)24(31-23)16-8-9-17(18(26)14-16)25(35)30-21-7-3-4-10-29-21/h2-4,7-11,13-15,19H,1,5-6,12,27H2/p+1. The second-order valence-electron chi connectivity index (χ2n) is 8.32. The number of amides is 2. The van der Waals surface area contributed by atoms with Crippen LogP contribution in [0.2, 0.25) is 0 Å². The Kier molecular flexibility index (Phi) is 5.67. The predicted molar refractivity (Wildman–Crippen MR) is 129 cm³/mol. The van der Waals surface area contributed by atoms with Crippen molar-refractivity contribution in [2.75, 3.05) is 11.9 Å². The third kappa shape index (κ3) is 3.88. The molecule has 0 aliphatic carbocycles. The first-order valence-corrected chi connectivity index (χ1v) is 11.1. The molecular formula is C25H23FN7O2+. The van der Waals surface area contributed by atoms with Gasteiger partial charge in [0.15, 0.2) is 0 Å². The number of nitrogens with one attached hydrogen (secondary N) is 1. The van der Waals surface area contributed by atoms with Gasteiger partial charge in [0.05, 0.1) is 29.6 Å². The van der Waals surface area contributed by atoms with Crippen molar-refractivity contribution in [1.82, 2.24) is 9.88 Å². The van der Waals surface area contributed by atoms with E-state index in [1.807, 2.05) is 0 Å². The molecule has 0 saturated carbocycles. The van der Waals surface area contributed by atoms with Gasteiger partial charge in [0.25, 0.3) is 11.7 Å². The van der Waals surface area contributed by atoms with Crippen LogP contribution in [0.1, 0.15) is 28.8 Å². The quantitative estimate of drug-likeness (QED) is 0.396. The Morgan fingerprint density at radius 1 is 1.29 bits per heavy atom. The van der Waals surface area contributed by atoms with Crippen LogP contribution in [-0.4, -0.2) is 50.9 Å². The number of quaternary nitrogens is 1. The fourth-order valence-electron chi connectivity index (χ4n) is 4.54. The van der Waals surface area contributed by atoms with E-state index in [0.29, 0.717) is 41.6 Å². The molecule has 176 valence electrons. The van der Waals surface area contributed by atoms with E-state index < -0.39 is 11.7 Å². The summed E-state index contributed by atoms with van der Waals surface area (Å²) in [6.07, 6.45) is 9.16. The minimum atomic E-state index is -0.723. The summed E-state index contributed by atoms with van der Waals surface area (Å²) in [5, 5.41) is 2.57. The van der Waals surface area contributed by atoms with Gasteiger partial charge in [-0.05, 0) is 49.2 Å². The zero-order valence-electron chi connectivity index (χ0n) is 18.8. The van der Waals surface area contributed by atoms with E-state index >= 15 is 4.39 Å². The number of halogens is 1. The second kappa shape index (κ2) is 8.82. The van der Waals surface area contributed by atoms with Crippen molar-refractivity contribution in [3.8, 4) is 0 Å². The molecule has 1 saturated heterocycles. The number of benzene rings is 1. The van der Waals surface area contributed by atoms with Crippen LogP contribution >= 0.6 is 0 Å². The highest BCUT2D eigenvalue weighted by molar-refractivity contribution is 6.05. The molecule has 3 N–H and O–H groups in total. The molecule has 2 aromatic rings. The summed E-state index contributed by atoms with van der Waals surface area (Å²) in [6, 6.07) is 8.98. The van der Waals surface area contributed by atoms with Crippen LogP contribution in [0.3, 0.4) is 0 Å². The number of aromatic nitrogens is 1. The lowest BCUT2D eigenvalue weighted by atomic mass is 10.1. The van der Waals surface area contributed by atoms with Gasteiger partial charge in [-0.15, -0.1) is 4.59 Å². The molecule has 2 atom stereocenters. The Morgan fingerprint density at radius 2 is 2.14 bits per heavy atom. The number of pyridine rings is 1. The number of carbonyl (C=O) groups is 2. The lowest BCUT2D eigenvalue weighted by Crippen LogP contribution is -2.53. The Labute approximate surface area is 201 Å². The highest BCUT2D eigenvalue weighted by Gasteiger charge is 2.48. The van der Waals surface area contributed by atoms with E-state index in [0.717, 1.165) is 6.42 Å². The number of nitrogens with zero attached hydrogens (tertiary/aromatic N) is 5. The van der Waals surface area contributed by atoms with Crippen LogP contribution in [0.4, 0.5) is 10.2 Å². The van der Waals surface area contributed by atoms with Crippen molar-refractivity contribution < 1.29 is 18.6 Å². The SMILES string of the molecule is C=CC(=O)N1CCCC1C1=C2C=NC=C[N+]2(N)C(c2ccc(C(=O)Nc3ccccn3)c(F)c2)=N1. The third-order valence-electron chi connectivity index (χ3n) is 6.23. The van der Waals surface area contributed by atoms with Crippen LogP contribution in [0.25, 0.3) is 0 Å². The van der Waals surface area contributed by atoms with E-state index in [2.05, 4.69) is 21.9 Å². The summed E-state index contributed by atoms with van der Waals surface area (Å²) in [7, 11) is 0. The normalized spacial score (nSPS) is 22.7. The van der Waals surface area contributed by atoms with Gasteiger partial charge in [-0.25, -0.2) is 9.37 Å². The van der Waals surface area contributed by atoms with Crippen LogP contribution in [0.15, 0.2) is 89.0 Å². The van der Waals surface area contributed by atoms with Gasteiger partial charge in [0, 0.05) is 12.7 Å². The summed E-state index contributed by atoms with van der Waals surface area (Å²) in [5.74, 6) is 5.90. The van der Waals surface area contributed by atoms with Crippen molar-refractivity contribution in [3.63, 3.8) is 0 Å². The van der Waals surface area contributed by atoms with Gasteiger partial charge in [0.2, 0.25) is 11.6 Å². The maximum absolute atomic E-state index is 15.1. The van der Waals surface area contributed by atoms with Gasteiger partial charge in [0.1, 0.15) is 23.5 Å². The number of carbonyl (C=O) groups excluding carboxylic acids is 2. The average molecular weight is 473 g/mol. The maximum atomic E-state index is 15.1. The van der Waals surface area contributed by atoms with Crippen LogP contribution in [0, 0.1) is 5.82 Å². The molecule has 0 spiro atoms. The minimum Gasteiger partial charge on any atom is -0.330 e. The molecule has 1 aromatic carbocycles. The number of hydrogen-bond donors (Lipinski definition) is 2. The highest BCUT2D eigenvalue weighted by atomic mass is 19.1. The molecular weight excluding hydrogens is 449 g/mol. The number of anilines is 1. The molecule has 3 aliphatic rings. The van der Waals surface area contributed by atoms with Crippen molar-refractivity contribution in [3.05, 3.63) is 96.0 Å². The average Bonchev–Trinajstić information content (AvgIpc) is 3.46. The topological polar surface area (TPSA) is 113 Å². The van der Waals surface area contributed by atoms with E-state index in [4.69, 9.17) is 10.8 Å². The number of allylic oxidation sites excluding steroid dienone is 1. The Balaban J connectivity index is 1.49. The van der Waals surface area contributed by atoms with Gasteiger partial charge in [-0.2, -0.15) is 10.8 Å². The molecule has 0 bridgehead atoms. The fraction of sp³-hybridized carbons (Fsp3) is 0.160. The van der Waals surface area contributed by atoms with Crippen LogP contribution in [0.5, 0.6) is 0 Å². The van der Waals surface area contributed by atoms with E-state index in [1.54, 1.807) is 47.8 Å². The first-order chi connectivity index (χ1) is 16.9. The molecule has 4 heterocycles. The minimum absolute atomic E-state index is 0.135. The second-order valence-corrected chi connectivity index (χ2v) is 8.32. The lowest BCUT2D eigenvalue weighted by molar-refractivity contribution is -0.750. The Morgan fingerprint density at radius 3 is 2.89 bits per heavy atom. The van der Waals surface area contributed by atoms with Crippen molar-refractivity contribution >= 4 is 29.7 Å². The van der Waals surface area contributed by atoms with E-state index in [1.165, 1.54) is 24.4 Å². The number of aliphatic imine (C=N–C) groups is 2. The molecule has 5 rings (SSSR count). The molecule has 2 amide bonds. The smallest absolute Gasteiger partial charge is 0.265 e. The number of hydrogen-bond acceptors (Lipinski definition) is 6. The molecule has 1 aromatic heterocycles. The highest BCUT2D eigenvalue weighted by Crippen LogP contribution is 2.37. The van der Waals surface area contributed by atoms with Gasteiger partial charge in [-0.1, -0.05) is 12.6 Å². The summed E-state index contributed by atoms with van der Waals surface area (Å²) < 4.78 is 14.8. The summed E-state index contributed by atoms with van der Waals surface area (Å²) >= 11 is 0. The summed E-state index contributed by atoms with van der Waals surface area (Å²) in [5.41, 5.74) is 1.49. The van der Waals surface area contributed by atoms with Gasteiger partial charge in [-0.3, -0.25) is 14.6 Å². The summed E-state index contributed by atoms with van der Waals surface area (Å²) in [6.45, 7) is 4.18. The van der Waals surface area contributed by atoms with Crippen LogP contribution in [-0.2, 0) is 4.79 Å². The van der Waals surface area contributed by atoms with E-state index in [9.17, 15) is 9.59 Å². The maximum Gasteiger partial charge on any atom is 0.265 e. The van der Waals surface area contributed by atoms with E-state index in [-0.39, 0.29) is 22.1 Å². The first kappa shape index (κ1) is 22.5. The third-order valence-corrected chi connectivity index (χ3v) is 6.23. The Bertz CT molecular complexity index is 1350. The van der Waals surface area contributed by atoms with Crippen LogP contribution < -0.4 is 11.2 Å². The molecule has 2 unspecified atom stereocenters. The van der Waals surface area contributed by atoms with Crippen molar-refractivity contribution in [2.24, 2.45) is 15.8 Å². The number of fused-ring (bicyclic) bond motifs is 1. The first-order valence-electron chi connectivity index (χ1n) is 11.1. The lowest BCUT2D eigenvalue weighted by Gasteiger charge is -2.27. The molecule has 0 radical (unpaired) electrons. The van der Waals surface area contributed by atoms with Crippen molar-refractivity contribution in [2.45, 2.75) is 18.9 Å². The van der Waals surface area contributed by atoms with Gasteiger partial charge < -0.3 is 10.2 Å². The zero-order chi connectivity index (χ0) is 24.6. The molecule has 9 nitrogen and oxygen atoms in total. The van der Waals surface area contributed by atoms with Gasteiger partial charge >= 0.3 is 0 Å². The largest absolute Gasteiger partial charge is 0.330 e. The Hall–Kier alpha value is -4.28.